The lowest BCUT2D eigenvalue weighted by Crippen LogP contribution is -2.48. The molecule has 10 heavy (non-hydrogen) atoms. The van der Waals surface area contributed by atoms with Crippen LogP contribution < -0.4 is 11.3 Å². The van der Waals surface area contributed by atoms with Crippen molar-refractivity contribution in [2.24, 2.45) is 11.8 Å². The van der Waals surface area contributed by atoms with Crippen molar-refractivity contribution in [3.05, 3.63) is 0 Å². The Bertz CT molecular complexity index is 102. The Kier molecular flexibility index (Phi) is 3.48. The third kappa shape index (κ3) is 2.77. The van der Waals surface area contributed by atoms with Crippen LogP contribution in [0.15, 0.2) is 0 Å². The van der Waals surface area contributed by atoms with Crippen LogP contribution in [-0.4, -0.2) is 11.4 Å². The zero-order chi connectivity index (χ0) is 8.36. The summed E-state index contributed by atoms with van der Waals surface area (Å²) in [4.78, 5) is 0. The highest BCUT2D eigenvalue weighted by Gasteiger charge is 2.38. The van der Waals surface area contributed by atoms with Gasteiger partial charge in [-0.05, 0) is 17.5 Å². The number of nitrogens with two attached hydrogens (primary N) is 1. The van der Waals surface area contributed by atoms with Gasteiger partial charge in [-0.3, -0.25) is 5.84 Å². The molecule has 0 aromatic rings. The van der Waals surface area contributed by atoms with E-state index in [0.29, 0.717) is 0 Å². The number of hydrogen-bond acceptors (Lipinski definition) is 2. The van der Waals surface area contributed by atoms with Gasteiger partial charge in [-0.25, -0.2) is 5.43 Å². The second-order valence-corrected chi connectivity index (χ2v) is 2.93. The molecule has 1 unspecified atom stereocenters. The Morgan fingerprint density at radius 2 is 1.90 bits per heavy atom. The van der Waals surface area contributed by atoms with Crippen LogP contribution in [0.4, 0.5) is 8.78 Å². The summed E-state index contributed by atoms with van der Waals surface area (Å²) in [5.41, 5.74) is 1.96. The van der Waals surface area contributed by atoms with Crippen LogP contribution in [0.3, 0.4) is 0 Å². The van der Waals surface area contributed by atoms with E-state index < -0.39 is 11.4 Å². The lowest BCUT2D eigenvalue weighted by atomic mass is 10.1. The molecule has 0 saturated heterocycles. The number of alkyl halides is 3. The largest absolute Gasteiger partial charge is 0.338 e. The predicted molar refractivity (Wildman–Crippen MR) is 36.7 cm³/mol. The quantitative estimate of drug-likeness (QED) is 0.383. The van der Waals surface area contributed by atoms with E-state index in [-0.39, 0.29) is 5.92 Å². The summed E-state index contributed by atoms with van der Waals surface area (Å²) < 4.78 is 24.5. The van der Waals surface area contributed by atoms with Crippen molar-refractivity contribution < 1.29 is 8.78 Å². The van der Waals surface area contributed by atoms with E-state index in [4.69, 9.17) is 17.4 Å². The summed E-state index contributed by atoms with van der Waals surface area (Å²) in [6.45, 7) is 3.22. The van der Waals surface area contributed by atoms with Crippen molar-refractivity contribution in [1.29, 1.82) is 0 Å². The number of hydrogen-bond donors (Lipinski definition) is 2. The van der Waals surface area contributed by atoms with Gasteiger partial charge in [0.25, 0.3) is 0 Å². The van der Waals surface area contributed by atoms with Gasteiger partial charge in [0.05, 0.1) is 0 Å². The summed E-state index contributed by atoms with van der Waals surface area (Å²) in [6.07, 6.45) is 0. The lowest BCUT2D eigenvalue weighted by molar-refractivity contribution is 0.0315. The minimum Gasteiger partial charge on any atom is -0.271 e. The standard InChI is InChI=1S/C5H11ClF2N2/c1-3(2)4(10-9)5(6,7)8/h3-4,10H,9H2,1-2H3. The first kappa shape index (κ1) is 10.1. The third-order valence-electron chi connectivity index (χ3n) is 1.20. The molecule has 0 aliphatic carbocycles. The Morgan fingerprint density at radius 3 is 1.90 bits per heavy atom. The first-order valence-corrected chi connectivity index (χ1v) is 3.30. The molecule has 0 amide bonds. The molecule has 0 aliphatic rings. The van der Waals surface area contributed by atoms with Crippen LogP contribution in [0.5, 0.6) is 0 Å². The molecule has 0 aliphatic heterocycles. The Labute approximate surface area is 63.7 Å². The van der Waals surface area contributed by atoms with E-state index in [1.54, 1.807) is 13.8 Å². The summed E-state index contributed by atoms with van der Waals surface area (Å²) >= 11 is 4.72. The van der Waals surface area contributed by atoms with Crippen LogP contribution in [0.2, 0.25) is 0 Å². The van der Waals surface area contributed by atoms with E-state index in [0.717, 1.165) is 0 Å². The van der Waals surface area contributed by atoms with Crippen molar-refractivity contribution in [3.63, 3.8) is 0 Å². The monoisotopic (exact) mass is 172 g/mol. The van der Waals surface area contributed by atoms with Gasteiger partial charge in [-0.1, -0.05) is 13.8 Å². The Balaban J connectivity index is 4.07. The molecule has 0 aromatic heterocycles. The van der Waals surface area contributed by atoms with Crippen LogP contribution >= 0.6 is 11.6 Å². The number of halogens is 3. The molecule has 0 fully saturated rings. The highest BCUT2D eigenvalue weighted by Crippen LogP contribution is 2.27. The minimum atomic E-state index is -3.27. The Hall–Kier alpha value is 0.0700. The van der Waals surface area contributed by atoms with Crippen LogP contribution in [0.25, 0.3) is 0 Å². The van der Waals surface area contributed by atoms with Gasteiger partial charge < -0.3 is 0 Å². The van der Waals surface area contributed by atoms with Crippen molar-refractivity contribution in [3.8, 4) is 0 Å². The molecule has 0 heterocycles. The molecule has 0 aromatic carbocycles. The van der Waals surface area contributed by atoms with Crippen LogP contribution in [0.1, 0.15) is 13.8 Å². The van der Waals surface area contributed by atoms with E-state index in [1.165, 1.54) is 0 Å². The second kappa shape index (κ2) is 3.46. The van der Waals surface area contributed by atoms with E-state index in [9.17, 15) is 8.78 Å². The topological polar surface area (TPSA) is 38.0 Å². The van der Waals surface area contributed by atoms with Crippen molar-refractivity contribution >= 4 is 11.6 Å². The van der Waals surface area contributed by atoms with E-state index in [2.05, 4.69) is 0 Å². The maximum absolute atomic E-state index is 12.3. The smallest absolute Gasteiger partial charge is 0.271 e. The fraction of sp³-hybridized carbons (Fsp3) is 1.00. The average Bonchev–Trinajstić information content (AvgIpc) is 1.60. The third-order valence-corrected chi connectivity index (χ3v) is 1.43. The molecule has 0 radical (unpaired) electrons. The molecule has 0 spiro atoms. The lowest BCUT2D eigenvalue weighted by Gasteiger charge is -2.23. The van der Waals surface area contributed by atoms with Crippen molar-refractivity contribution in [2.45, 2.75) is 25.3 Å². The maximum atomic E-state index is 12.3. The molecule has 5 heteroatoms. The van der Waals surface area contributed by atoms with Gasteiger partial charge in [-0.15, -0.1) is 0 Å². The fourth-order valence-electron chi connectivity index (χ4n) is 0.665. The minimum absolute atomic E-state index is 0.294. The van der Waals surface area contributed by atoms with E-state index >= 15 is 0 Å². The summed E-state index contributed by atoms with van der Waals surface area (Å²) in [7, 11) is 0. The zero-order valence-corrected chi connectivity index (χ0v) is 6.62. The van der Waals surface area contributed by atoms with Gasteiger partial charge in [0.1, 0.15) is 6.04 Å². The number of hydrazine groups is 1. The first-order valence-electron chi connectivity index (χ1n) is 2.92. The summed E-state index contributed by atoms with van der Waals surface area (Å²) in [5, 5.41) is -3.27. The number of rotatable bonds is 3. The molecule has 0 bridgehead atoms. The van der Waals surface area contributed by atoms with Gasteiger partial charge in [0.2, 0.25) is 0 Å². The van der Waals surface area contributed by atoms with E-state index in [1.807, 2.05) is 5.43 Å². The SMILES string of the molecule is CC(C)C(NN)C(F)(F)Cl. The van der Waals surface area contributed by atoms with Gasteiger partial charge in [0.15, 0.2) is 0 Å². The molecular formula is C5H11ClF2N2. The summed E-state index contributed by atoms with van der Waals surface area (Å²) in [6, 6.07) is -1.17. The van der Waals surface area contributed by atoms with Crippen LogP contribution in [-0.2, 0) is 0 Å². The van der Waals surface area contributed by atoms with Gasteiger partial charge in [-0.2, -0.15) is 8.78 Å². The zero-order valence-electron chi connectivity index (χ0n) is 5.87. The average molecular weight is 173 g/mol. The molecule has 62 valence electrons. The van der Waals surface area contributed by atoms with Gasteiger partial charge in [0, 0.05) is 0 Å². The maximum Gasteiger partial charge on any atom is 0.338 e. The summed E-state index contributed by atoms with van der Waals surface area (Å²) in [5.74, 6) is 4.55. The number of nitrogens with one attached hydrogen (secondary N) is 1. The predicted octanol–water partition coefficient (Wildman–Crippen LogP) is 1.31. The fourth-order valence-corrected chi connectivity index (χ4v) is 0.980. The van der Waals surface area contributed by atoms with Gasteiger partial charge >= 0.3 is 5.38 Å². The van der Waals surface area contributed by atoms with Crippen molar-refractivity contribution in [2.75, 3.05) is 0 Å². The molecule has 2 nitrogen and oxygen atoms in total. The second-order valence-electron chi connectivity index (χ2n) is 2.43. The molecular weight excluding hydrogens is 162 g/mol. The molecule has 3 N–H and O–H groups in total. The van der Waals surface area contributed by atoms with Crippen LogP contribution in [0, 0.1) is 5.92 Å². The normalized spacial score (nSPS) is 15.9. The molecule has 0 rings (SSSR count). The Morgan fingerprint density at radius 1 is 1.50 bits per heavy atom. The highest BCUT2D eigenvalue weighted by atomic mass is 35.5. The molecule has 1 atom stereocenters. The first-order chi connectivity index (χ1) is 4.39. The van der Waals surface area contributed by atoms with Crippen molar-refractivity contribution in [1.82, 2.24) is 5.43 Å². The highest BCUT2D eigenvalue weighted by molar-refractivity contribution is 6.22. The molecule has 0 saturated carbocycles.